The van der Waals surface area contributed by atoms with E-state index in [2.05, 4.69) is 29.1 Å². The van der Waals surface area contributed by atoms with Crippen LogP contribution in [0.25, 0.3) is 0 Å². The largest absolute Gasteiger partial charge is 0.312 e. The first-order chi connectivity index (χ1) is 7.27. The Morgan fingerprint density at radius 3 is 2.73 bits per heavy atom. The third-order valence-electron chi connectivity index (χ3n) is 2.71. The second-order valence-electron chi connectivity index (χ2n) is 4.10. The van der Waals surface area contributed by atoms with Crippen molar-refractivity contribution in [2.45, 2.75) is 39.2 Å². The minimum atomic E-state index is 0.334. The SMILES string of the molecule is CCCC(C)CC(NC)c1cnccn1. The van der Waals surface area contributed by atoms with Gasteiger partial charge in [-0.3, -0.25) is 9.97 Å². The highest BCUT2D eigenvalue weighted by atomic mass is 14.9. The summed E-state index contributed by atoms with van der Waals surface area (Å²) in [5.41, 5.74) is 1.04. The lowest BCUT2D eigenvalue weighted by Gasteiger charge is -2.19. The Hall–Kier alpha value is -0.960. The van der Waals surface area contributed by atoms with Gasteiger partial charge in [-0.25, -0.2) is 0 Å². The highest BCUT2D eigenvalue weighted by molar-refractivity contribution is 5.02. The maximum atomic E-state index is 4.34. The molecule has 0 aliphatic rings. The van der Waals surface area contributed by atoms with Gasteiger partial charge in [-0.2, -0.15) is 0 Å². The highest BCUT2D eigenvalue weighted by Crippen LogP contribution is 2.21. The Morgan fingerprint density at radius 2 is 2.20 bits per heavy atom. The summed E-state index contributed by atoms with van der Waals surface area (Å²) in [7, 11) is 1.98. The summed E-state index contributed by atoms with van der Waals surface area (Å²) in [6.07, 6.45) is 8.97. The first-order valence-electron chi connectivity index (χ1n) is 5.71. The van der Waals surface area contributed by atoms with E-state index >= 15 is 0 Å². The molecule has 1 aromatic heterocycles. The summed E-state index contributed by atoms with van der Waals surface area (Å²) in [6, 6.07) is 0.334. The summed E-state index contributed by atoms with van der Waals surface area (Å²) in [5.74, 6) is 0.731. The summed E-state index contributed by atoms with van der Waals surface area (Å²) in [5, 5.41) is 3.31. The molecular weight excluding hydrogens is 186 g/mol. The summed E-state index contributed by atoms with van der Waals surface area (Å²) >= 11 is 0. The lowest BCUT2D eigenvalue weighted by atomic mass is 9.96. The fourth-order valence-electron chi connectivity index (χ4n) is 1.89. The standard InChI is InChI=1S/C12H21N3/c1-4-5-10(2)8-11(13-3)12-9-14-6-7-15-12/h6-7,9-11,13H,4-5,8H2,1-3H3. The molecule has 0 spiro atoms. The van der Waals surface area contributed by atoms with Crippen LogP contribution in [-0.4, -0.2) is 17.0 Å². The number of rotatable bonds is 6. The maximum absolute atomic E-state index is 4.34. The summed E-state index contributed by atoms with van der Waals surface area (Å²) in [6.45, 7) is 4.53. The van der Waals surface area contributed by atoms with Crippen LogP contribution in [0, 0.1) is 5.92 Å². The van der Waals surface area contributed by atoms with Crippen molar-refractivity contribution in [2.24, 2.45) is 5.92 Å². The predicted molar refractivity (Wildman–Crippen MR) is 62.5 cm³/mol. The van der Waals surface area contributed by atoms with Crippen LogP contribution in [0.15, 0.2) is 18.6 Å². The number of hydrogen-bond acceptors (Lipinski definition) is 3. The van der Waals surface area contributed by atoms with E-state index in [1.807, 2.05) is 13.2 Å². The van der Waals surface area contributed by atoms with Gasteiger partial charge in [0.2, 0.25) is 0 Å². The van der Waals surface area contributed by atoms with E-state index in [4.69, 9.17) is 0 Å². The molecule has 0 bridgehead atoms. The molecular formula is C12H21N3. The molecule has 0 radical (unpaired) electrons. The van der Waals surface area contributed by atoms with Crippen LogP contribution in [0.3, 0.4) is 0 Å². The van der Waals surface area contributed by atoms with Crippen LogP contribution >= 0.6 is 0 Å². The van der Waals surface area contributed by atoms with Crippen LogP contribution in [-0.2, 0) is 0 Å². The van der Waals surface area contributed by atoms with E-state index in [9.17, 15) is 0 Å². The molecule has 1 heterocycles. The summed E-state index contributed by atoms with van der Waals surface area (Å²) < 4.78 is 0. The minimum Gasteiger partial charge on any atom is -0.312 e. The Kier molecular flexibility index (Phi) is 5.26. The normalized spacial score (nSPS) is 14.9. The molecule has 2 unspecified atom stereocenters. The first-order valence-corrected chi connectivity index (χ1v) is 5.71. The number of nitrogens with zero attached hydrogens (tertiary/aromatic N) is 2. The van der Waals surface area contributed by atoms with Gasteiger partial charge in [0.25, 0.3) is 0 Å². The minimum absolute atomic E-state index is 0.334. The molecule has 1 N–H and O–H groups in total. The molecule has 0 saturated carbocycles. The van der Waals surface area contributed by atoms with Crippen molar-refractivity contribution in [3.8, 4) is 0 Å². The Morgan fingerprint density at radius 1 is 1.40 bits per heavy atom. The van der Waals surface area contributed by atoms with Gasteiger partial charge in [0, 0.05) is 18.6 Å². The Bertz CT molecular complexity index is 261. The van der Waals surface area contributed by atoms with E-state index in [-0.39, 0.29) is 0 Å². The zero-order valence-electron chi connectivity index (χ0n) is 9.90. The van der Waals surface area contributed by atoms with Crippen molar-refractivity contribution in [1.29, 1.82) is 0 Å². The van der Waals surface area contributed by atoms with Crippen LogP contribution in [0.2, 0.25) is 0 Å². The molecule has 0 saturated heterocycles. The van der Waals surface area contributed by atoms with Gasteiger partial charge in [0.15, 0.2) is 0 Å². The molecule has 84 valence electrons. The van der Waals surface area contributed by atoms with Crippen LogP contribution < -0.4 is 5.32 Å². The maximum Gasteiger partial charge on any atom is 0.0756 e. The van der Waals surface area contributed by atoms with E-state index in [0.29, 0.717) is 6.04 Å². The summed E-state index contributed by atoms with van der Waals surface area (Å²) in [4.78, 5) is 8.44. The molecule has 3 nitrogen and oxygen atoms in total. The molecule has 0 fully saturated rings. The third kappa shape index (κ3) is 3.96. The molecule has 0 aliphatic carbocycles. The molecule has 1 rings (SSSR count). The zero-order valence-corrected chi connectivity index (χ0v) is 9.90. The third-order valence-corrected chi connectivity index (χ3v) is 2.71. The molecule has 0 aromatic carbocycles. The number of aromatic nitrogens is 2. The van der Waals surface area contributed by atoms with Gasteiger partial charge in [0.1, 0.15) is 0 Å². The Labute approximate surface area is 92.3 Å². The Balaban J connectivity index is 2.56. The molecule has 2 atom stereocenters. The predicted octanol–water partition coefficient (Wildman–Crippen LogP) is 2.56. The molecule has 0 aliphatic heterocycles. The molecule has 0 amide bonds. The van der Waals surface area contributed by atoms with Crippen molar-refractivity contribution in [2.75, 3.05) is 7.05 Å². The quantitative estimate of drug-likeness (QED) is 0.779. The fourth-order valence-corrected chi connectivity index (χ4v) is 1.89. The van der Waals surface area contributed by atoms with E-state index < -0.39 is 0 Å². The average molecular weight is 207 g/mol. The zero-order chi connectivity index (χ0) is 11.1. The second-order valence-corrected chi connectivity index (χ2v) is 4.10. The lowest BCUT2D eigenvalue weighted by Crippen LogP contribution is -2.20. The van der Waals surface area contributed by atoms with Crippen LogP contribution in [0.4, 0.5) is 0 Å². The van der Waals surface area contributed by atoms with Gasteiger partial charge in [-0.1, -0.05) is 26.7 Å². The van der Waals surface area contributed by atoms with Gasteiger partial charge in [-0.15, -0.1) is 0 Å². The monoisotopic (exact) mass is 207 g/mol. The van der Waals surface area contributed by atoms with Crippen molar-refractivity contribution >= 4 is 0 Å². The smallest absolute Gasteiger partial charge is 0.0756 e. The van der Waals surface area contributed by atoms with Gasteiger partial charge >= 0.3 is 0 Å². The van der Waals surface area contributed by atoms with Crippen molar-refractivity contribution < 1.29 is 0 Å². The molecule has 3 heteroatoms. The van der Waals surface area contributed by atoms with E-state index in [0.717, 1.165) is 18.0 Å². The van der Waals surface area contributed by atoms with Crippen molar-refractivity contribution in [3.05, 3.63) is 24.3 Å². The van der Waals surface area contributed by atoms with E-state index in [1.165, 1.54) is 12.8 Å². The molecule has 15 heavy (non-hydrogen) atoms. The fraction of sp³-hybridized carbons (Fsp3) is 0.667. The number of hydrogen-bond donors (Lipinski definition) is 1. The van der Waals surface area contributed by atoms with Gasteiger partial charge < -0.3 is 5.32 Å². The highest BCUT2D eigenvalue weighted by Gasteiger charge is 2.14. The van der Waals surface area contributed by atoms with E-state index in [1.54, 1.807) is 12.4 Å². The first kappa shape index (κ1) is 12.1. The van der Waals surface area contributed by atoms with Gasteiger partial charge in [0.05, 0.1) is 11.7 Å². The van der Waals surface area contributed by atoms with Crippen molar-refractivity contribution in [1.82, 2.24) is 15.3 Å². The topological polar surface area (TPSA) is 37.8 Å². The average Bonchev–Trinajstić information content (AvgIpc) is 2.27. The molecule has 1 aromatic rings. The van der Waals surface area contributed by atoms with Gasteiger partial charge in [-0.05, 0) is 19.4 Å². The van der Waals surface area contributed by atoms with Crippen LogP contribution in [0.1, 0.15) is 44.8 Å². The van der Waals surface area contributed by atoms with Crippen LogP contribution in [0.5, 0.6) is 0 Å². The second kappa shape index (κ2) is 6.51. The van der Waals surface area contributed by atoms with Crippen molar-refractivity contribution in [3.63, 3.8) is 0 Å². The number of nitrogens with one attached hydrogen (secondary N) is 1. The lowest BCUT2D eigenvalue weighted by molar-refractivity contribution is 0.401.